The molecule has 1 unspecified atom stereocenters. The van der Waals surface area contributed by atoms with Crippen molar-refractivity contribution in [3.05, 3.63) is 83.0 Å². The van der Waals surface area contributed by atoms with Gasteiger partial charge in [0.2, 0.25) is 22.6 Å². The Morgan fingerprint density at radius 3 is 2.52 bits per heavy atom. The molecular formula is C41H42N12O4S. The van der Waals surface area contributed by atoms with Gasteiger partial charge in [-0.3, -0.25) is 34.4 Å². The first-order chi connectivity index (χ1) is 28.1. The van der Waals surface area contributed by atoms with Crippen LogP contribution >= 0.6 is 11.3 Å². The van der Waals surface area contributed by atoms with Gasteiger partial charge in [-0.2, -0.15) is 5.10 Å². The maximum absolute atomic E-state index is 13.6. The third-order valence-electron chi connectivity index (χ3n) is 11.5. The number of likely N-dealkylation sites (tertiary alicyclic amines) is 1. The van der Waals surface area contributed by atoms with E-state index in [4.69, 9.17) is 11.6 Å². The fourth-order valence-electron chi connectivity index (χ4n) is 8.47. The molecule has 16 nitrogen and oxygen atoms in total. The van der Waals surface area contributed by atoms with Crippen molar-refractivity contribution in [1.82, 2.24) is 44.8 Å². The van der Waals surface area contributed by atoms with E-state index in [1.54, 1.807) is 34.2 Å². The van der Waals surface area contributed by atoms with Gasteiger partial charge in [0, 0.05) is 87.3 Å². The average Bonchev–Trinajstić information content (AvgIpc) is 3.98. The summed E-state index contributed by atoms with van der Waals surface area (Å²) in [6.07, 6.45) is 5.64. The zero-order chi connectivity index (χ0) is 40.1. The summed E-state index contributed by atoms with van der Waals surface area (Å²) in [5.41, 5.74) is 6.40. The summed E-state index contributed by atoms with van der Waals surface area (Å²) in [7, 11) is 0. The molecule has 3 fully saturated rings. The van der Waals surface area contributed by atoms with Crippen molar-refractivity contribution in [3.63, 3.8) is 0 Å². The number of piperidine rings is 2. The largest absolute Gasteiger partial charge is 0.382 e. The first-order valence-electron chi connectivity index (χ1n) is 19.7. The summed E-state index contributed by atoms with van der Waals surface area (Å²) in [4.78, 5) is 67.5. The number of aromatic nitrogens is 5. The number of pyridine rings is 1. The van der Waals surface area contributed by atoms with Gasteiger partial charge in [-0.1, -0.05) is 17.4 Å². The summed E-state index contributed by atoms with van der Waals surface area (Å²) >= 11 is 1.56. The van der Waals surface area contributed by atoms with Crippen molar-refractivity contribution in [2.45, 2.75) is 64.2 Å². The number of carbonyl (C=O) groups is 4. The molecule has 58 heavy (non-hydrogen) atoms. The quantitative estimate of drug-likeness (QED) is 0.168. The predicted molar refractivity (Wildman–Crippen MR) is 218 cm³/mol. The molecular weight excluding hydrogens is 757 g/mol. The highest BCUT2D eigenvalue weighted by molar-refractivity contribution is 7.18. The van der Waals surface area contributed by atoms with Crippen molar-refractivity contribution in [1.29, 1.82) is 0 Å². The van der Waals surface area contributed by atoms with E-state index in [0.29, 0.717) is 42.4 Å². The van der Waals surface area contributed by atoms with Crippen molar-refractivity contribution < 1.29 is 19.2 Å². The molecule has 0 aliphatic carbocycles. The van der Waals surface area contributed by atoms with Crippen molar-refractivity contribution >= 4 is 57.0 Å². The van der Waals surface area contributed by atoms with Crippen molar-refractivity contribution in [2.75, 3.05) is 49.5 Å². The maximum atomic E-state index is 13.6. The molecule has 0 saturated carbocycles. The number of hydrogen-bond donors (Lipinski definition) is 2. The Balaban J connectivity index is 0.803. The van der Waals surface area contributed by atoms with Crippen molar-refractivity contribution in [3.8, 4) is 22.0 Å². The SMILES string of the molecule is [C-]#[N+]c1cnn2c(-c3cc(NC(C)C)c(-c4nnc(N5CCN(C6CCN(C(=O)c7ccc8c(c7)C(=O)N(C7CCC(=O)NC7=O)C8)CC6)CC5)s4)cn3)ccc2c1. The van der Waals surface area contributed by atoms with Gasteiger partial charge in [-0.05, 0) is 75.1 Å². The van der Waals surface area contributed by atoms with Gasteiger partial charge in [0.15, 0.2) is 5.01 Å². The highest BCUT2D eigenvalue weighted by atomic mass is 32.1. The second-order valence-corrected chi connectivity index (χ2v) is 16.5. The second kappa shape index (κ2) is 15.3. The van der Waals surface area contributed by atoms with E-state index in [-0.39, 0.29) is 36.7 Å². The van der Waals surface area contributed by atoms with E-state index in [2.05, 4.69) is 54.4 Å². The van der Waals surface area contributed by atoms with Gasteiger partial charge in [0.05, 0.1) is 35.2 Å². The van der Waals surface area contributed by atoms with E-state index >= 15 is 0 Å². The van der Waals surface area contributed by atoms with Crippen LogP contribution in [0.5, 0.6) is 0 Å². The fraction of sp³-hybridized carbons (Fsp3) is 0.390. The fourth-order valence-corrected chi connectivity index (χ4v) is 9.40. The predicted octanol–water partition coefficient (Wildman–Crippen LogP) is 4.47. The molecule has 5 aromatic rings. The molecule has 4 amide bonds. The Morgan fingerprint density at radius 1 is 0.948 bits per heavy atom. The van der Waals surface area contributed by atoms with E-state index in [9.17, 15) is 19.2 Å². The van der Waals surface area contributed by atoms with Crippen LogP contribution < -0.4 is 15.5 Å². The van der Waals surface area contributed by atoms with Crippen LogP contribution in [-0.2, 0) is 16.1 Å². The monoisotopic (exact) mass is 798 g/mol. The van der Waals surface area contributed by atoms with Crippen LogP contribution in [0.25, 0.3) is 32.3 Å². The van der Waals surface area contributed by atoms with Gasteiger partial charge in [-0.15, -0.1) is 10.2 Å². The van der Waals surface area contributed by atoms with Crippen LogP contribution in [0.15, 0.2) is 54.9 Å². The summed E-state index contributed by atoms with van der Waals surface area (Å²) in [6.45, 7) is 16.5. The Kier molecular flexibility index (Phi) is 9.82. The molecule has 2 N–H and O–H groups in total. The van der Waals surface area contributed by atoms with Gasteiger partial charge in [0.25, 0.3) is 11.8 Å². The summed E-state index contributed by atoms with van der Waals surface area (Å²) in [5.74, 6) is -1.14. The highest BCUT2D eigenvalue weighted by Crippen LogP contribution is 2.37. The van der Waals surface area contributed by atoms with E-state index < -0.39 is 11.9 Å². The summed E-state index contributed by atoms with van der Waals surface area (Å²) in [5, 5.41) is 21.2. The van der Waals surface area contributed by atoms with E-state index in [1.165, 1.54) is 4.90 Å². The first-order valence-corrected chi connectivity index (χ1v) is 20.5. The topological polar surface area (TPSA) is 166 Å². The molecule has 4 aliphatic heterocycles. The lowest BCUT2D eigenvalue weighted by atomic mass is 10.00. The van der Waals surface area contributed by atoms with Gasteiger partial charge in [-0.25, -0.2) is 9.36 Å². The maximum Gasteiger partial charge on any atom is 0.255 e. The lowest BCUT2D eigenvalue weighted by molar-refractivity contribution is -0.136. The summed E-state index contributed by atoms with van der Waals surface area (Å²) in [6, 6.07) is 12.8. The Hall–Kier alpha value is -6.25. The number of carbonyl (C=O) groups excluding carboxylic acids is 4. The van der Waals surface area contributed by atoms with Gasteiger partial charge in [0.1, 0.15) is 6.04 Å². The van der Waals surface area contributed by atoms with Crippen LogP contribution in [-0.4, -0.2) is 121 Å². The number of nitrogens with one attached hydrogen (secondary N) is 2. The van der Waals surface area contributed by atoms with Crippen LogP contribution in [0.3, 0.4) is 0 Å². The third-order valence-corrected chi connectivity index (χ3v) is 12.5. The number of amides is 4. The second-order valence-electron chi connectivity index (χ2n) is 15.5. The molecule has 4 aromatic heterocycles. The number of benzene rings is 1. The minimum atomic E-state index is -0.686. The van der Waals surface area contributed by atoms with E-state index in [0.717, 1.165) is 82.9 Å². The van der Waals surface area contributed by atoms with Gasteiger partial charge >= 0.3 is 0 Å². The average molecular weight is 799 g/mol. The normalized spacial score (nSPS) is 19.2. The Bertz CT molecular complexity index is 2490. The number of rotatable bonds is 8. The lowest BCUT2D eigenvalue weighted by Gasteiger charge is -2.42. The van der Waals surface area contributed by atoms with Gasteiger partial charge < -0.3 is 20.0 Å². The zero-order valence-electron chi connectivity index (χ0n) is 32.2. The number of anilines is 2. The van der Waals surface area contributed by atoms with Crippen molar-refractivity contribution in [2.24, 2.45) is 0 Å². The van der Waals surface area contributed by atoms with Crippen LogP contribution in [0.4, 0.5) is 16.5 Å². The van der Waals surface area contributed by atoms with E-state index in [1.807, 2.05) is 41.4 Å². The molecule has 0 radical (unpaired) electrons. The molecule has 4 aliphatic rings. The Labute approximate surface area is 338 Å². The molecule has 0 spiro atoms. The highest BCUT2D eigenvalue weighted by Gasteiger charge is 2.40. The standard InChI is InChI=1S/C41H42N12O4S/c1-24(2)45-32-20-33(34-7-6-29-19-27(42-3)21-44-53(29)34)43-22-31(32)38-47-48-41(58-38)51-16-14-49(15-17-51)28-10-12-50(13-11-28)39(56)25-4-5-26-23-52(40(57)30(26)18-25)35-8-9-36(54)46-37(35)55/h4-7,18-22,24,28,35H,8-17,23H2,1-2H3,(H,43,45)(H,46,54,55). The number of nitrogens with zero attached hydrogens (tertiary/aromatic N) is 10. The molecule has 1 aromatic carbocycles. The summed E-state index contributed by atoms with van der Waals surface area (Å²) < 4.78 is 1.79. The molecule has 0 bridgehead atoms. The molecule has 1 atom stereocenters. The zero-order valence-corrected chi connectivity index (χ0v) is 33.0. The number of hydrogen-bond acceptors (Lipinski definition) is 12. The number of imide groups is 1. The minimum Gasteiger partial charge on any atom is -0.382 e. The molecule has 17 heteroatoms. The third kappa shape index (κ3) is 7.02. The number of piperazine rings is 1. The van der Waals surface area contributed by atoms with Crippen LogP contribution in [0, 0.1) is 6.57 Å². The molecule has 296 valence electrons. The molecule has 3 saturated heterocycles. The molecule has 9 rings (SSSR count). The number of fused-ring (bicyclic) bond motifs is 2. The Morgan fingerprint density at radius 2 is 1.76 bits per heavy atom. The smallest absolute Gasteiger partial charge is 0.255 e. The van der Waals surface area contributed by atoms with Crippen LogP contribution in [0.2, 0.25) is 0 Å². The minimum absolute atomic E-state index is 0.0895. The van der Waals surface area contributed by atoms with Crippen LogP contribution in [0.1, 0.15) is 65.8 Å². The first kappa shape index (κ1) is 37.3. The lowest BCUT2D eigenvalue weighted by Crippen LogP contribution is -2.53. The molecule has 8 heterocycles.